The first-order valence-corrected chi connectivity index (χ1v) is 9.38. The molecule has 0 aliphatic heterocycles. The Bertz CT molecular complexity index is 640. The maximum atomic E-state index is 11.2. The van der Waals surface area contributed by atoms with Gasteiger partial charge in [-0.05, 0) is 64.0 Å². The van der Waals surface area contributed by atoms with Crippen LogP contribution in [0, 0.1) is 5.41 Å². The second kappa shape index (κ2) is 10.3. The smallest absolute Gasteiger partial charge is 0.334 e. The Kier molecular flexibility index (Phi) is 8.80. The highest BCUT2D eigenvalue weighted by Gasteiger charge is 2.26. The maximum absolute atomic E-state index is 11.2. The summed E-state index contributed by atoms with van der Waals surface area (Å²) >= 11 is 0. The Morgan fingerprint density at radius 1 is 1.27 bits per heavy atom. The van der Waals surface area contributed by atoms with Crippen molar-refractivity contribution < 1.29 is 14.6 Å². The van der Waals surface area contributed by atoms with Gasteiger partial charge in [0.2, 0.25) is 0 Å². The molecule has 0 bridgehead atoms. The summed E-state index contributed by atoms with van der Waals surface area (Å²) in [7, 11) is 0. The third-order valence-corrected chi connectivity index (χ3v) is 4.75. The molecule has 0 aromatic heterocycles. The van der Waals surface area contributed by atoms with Crippen LogP contribution in [0.3, 0.4) is 0 Å². The van der Waals surface area contributed by atoms with E-state index < -0.39 is 12.1 Å². The van der Waals surface area contributed by atoms with Crippen LogP contribution in [0.25, 0.3) is 0 Å². The van der Waals surface area contributed by atoms with Gasteiger partial charge in [-0.1, -0.05) is 60.9 Å². The molecule has 1 aliphatic carbocycles. The van der Waals surface area contributed by atoms with Crippen LogP contribution in [0.15, 0.2) is 58.7 Å². The van der Waals surface area contributed by atoms with Crippen LogP contribution in [0.1, 0.15) is 60.8 Å². The fourth-order valence-corrected chi connectivity index (χ4v) is 3.08. The van der Waals surface area contributed by atoms with Crippen LogP contribution in [0.5, 0.6) is 0 Å². The number of allylic oxidation sites excluding steroid dienone is 9. The van der Waals surface area contributed by atoms with E-state index in [1.165, 1.54) is 42.9 Å². The van der Waals surface area contributed by atoms with E-state index >= 15 is 0 Å². The van der Waals surface area contributed by atoms with E-state index in [-0.39, 0.29) is 12.0 Å². The molecule has 1 aliphatic rings. The van der Waals surface area contributed by atoms with Gasteiger partial charge in [-0.15, -0.1) is 0 Å². The highest BCUT2D eigenvalue weighted by atomic mass is 16.5. The molecular formula is C23H34O3. The molecule has 1 atom stereocenters. The van der Waals surface area contributed by atoms with Crippen LogP contribution >= 0.6 is 0 Å². The number of carbonyl (C=O) groups excluding carboxylic acids is 1. The van der Waals surface area contributed by atoms with Gasteiger partial charge >= 0.3 is 5.97 Å². The number of hydrogen-bond donors (Lipinski definition) is 1. The minimum atomic E-state index is -1.08. The lowest BCUT2D eigenvalue weighted by Crippen LogP contribution is -2.19. The van der Waals surface area contributed by atoms with Gasteiger partial charge in [-0.25, -0.2) is 4.79 Å². The average molecular weight is 359 g/mol. The van der Waals surface area contributed by atoms with Gasteiger partial charge < -0.3 is 9.84 Å². The van der Waals surface area contributed by atoms with Crippen molar-refractivity contribution in [2.75, 3.05) is 6.61 Å². The number of rotatable bonds is 7. The van der Waals surface area contributed by atoms with Crippen molar-refractivity contribution in [2.24, 2.45) is 5.41 Å². The van der Waals surface area contributed by atoms with Crippen LogP contribution in [0.2, 0.25) is 0 Å². The predicted octanol–water partition coefficient (Wildman–Crippen LogP) is 5.44. The number of aliphatic hydroxyl groups excluding tert-OH is 1. The quantitative estimate of drug-likeness (QED) is 0.487. The van der Waals surface area contributed by atoms with Gasteiger partial charge in [-0.3, -0.25) is 0 Å². The summed E-state index contributed by atoms with van der Waals surface area (Å²) in [5, 5.41) is 9.06. The highest BCUT2D eigenvalue weighted by Crippen LogP contribution is 2.40. The van der Waals surface area contributed by atoms with Crippen LogP contribution < -0.4 is 0 Å². The number of carbonyl (C=O) groups is 1. The molecule has 1 N–H and O–H groups in total. The second-order valence-corrected chi connectivity index (χ2v) is 7.79. The van der Waals surface area contributed by atoms with Gasteiger partial charge in [0.05, 0.1) is 0 Å². The molecule has 0 spiro atoms. The first-order valence-electron chi connectivity index (χ1n) is 9.38. The molecule has 1 unspecified atom stereocenters. The Balaban J connectivity index is 2.62. The minimum Gasteiger partial charge on any atom is -0.460 e. The molecule has 0 heterocycles. The van der Waals surface area contributed by atoms with E-state index in [1.807, 2.05) is 25.2 Å². The van der Waals surface area contributed by atoms with Gasteiger partial charge in [0.15, 0.2) is 0 Å². The summed E-state index contributed by atoms with van der Waals surface area (Å²) < 4.78 is 4.91. The molecule has 0 saturated heterocycles. The fraction of sp³-hybridized carbons (Fsp3) is 0.522. The number of aliphatic hydroxyl groups is 1. The molecule has 0 saturated carbocycles. The summed E-state index contributed by atoms with van der Waals surface area (Å²) in [6.07, 6.45) is 15.0. The Morgan fingerprint density at radius 3 is 2.58 bits per heavy atom. The van der Waals surface area contributed by atoms with E-state index in [9.17, 15) is 4.79 Å². The third-order valence-electron chi connectivity index (χ3n) is 4.75. The average Bonchev–Trinajstić information content (AvgIpc) is 2.53. The van der Waals surface area contributed by atoms with Gasteiger partial charge in [0.25, 0.3) is 0 Å². The normalized spacial score (nSPS) is 20.1. The lowest BCUT2D eigenvalue weighted by molar-refractivity contribution is -0.151. The van der Waals surface area contributed by atoms with E-state index in [4.69, 9.17) is 9.84 Å². The van der Waals surface area contributed by atoms with Crippen molar-refractivity contribution in [2.45, 2.75) is 66.9 Å². The molecule has 144 valence electrons. The zero-order valence-electron chi connectivity index (χ0n) is 17.1. The van der Waals surface area contributed by atoms with E-state index in [0.717, 1.165) is 5.57 Å². The first kappa shape index (κ1) is 22.2. The summed E-state index contributed by atoms with van der Waals surface area (Å²) in [5.41, 5.74) is 5.43. The summed E-state index contributed by atoms with van der Waals surface area (Å²) in [4.78, 5) is 11.2. The van der Waals surface area contributed by atoms with Crippen LogP contribution in [0.4, 0.5) is 0 Å². The third kappa shape index (κ3) is 7.57. The zero-order valence-corrected chi connectivity index (χ0v) is 17.1. The summed E-state index contributed by atoms with van der Waals surface area (Å²) in [5.74, 6) is -0.603. The first-order chi connectivity index (χ1) is 12.1. The van der Waals surface area contributed by atoms with Crippen molar-refractivity contribution in [3.63, 3.8) is 0 Å². The molecule has 0 aromatic rings. The lowest BCUT2D eigenvalue weighted by atomic mass is 9.72. The lowest BCUT2D eigenvalue weighted by Gasteiger charge is -2.32. The Labute approximate surface area is 158 Å². The van der Waals surface area contributed by atoms with Crippen molar-refractivity contribution in [1.82, 2.24) is 0 Å². The molecule has 0 amide bonds. The van der Waals surface area contributed by atoms with Gasteiger partial charge in [0.1, 0.15) is 12.7 Å². The molecule has 1 rings (SSSR count). The Morgan fingerprint density at radius 2 is 1.96 bits per heavy atom. The van der Waals surface area contributed by atoms with E-state index in [0.29, 0.717) is 0 Å². The monoisotopic (exact) mass is 358 g/mol. The minimum absolute atomic E-state index is 0.172. The van der Waals surface area contributed by atoms with Crippen molar-refractivity contribution in [3.8, 4) is 0 Å². The van der Waals surface area contributed by atoms with E-state index in [2.05, 4.69) is 45.9 Å². The maximum Gasteiger partial charge on any atom is 0.334 e. The highest BCUT2D eigenvalue weighted by molar-refractivity contribution is 5.73. The van der Waals surface area contributed by atoms with Crippen molar-refractivity contribution in [3.05, 3.63) is 58.7 Å². The molecule has 0 radical (unpaired) electrons. The van der Waals surface area contributed by atoms with Crippen molar-refractivity contribution in [1.29, 1.82) is 0 Å². The number of ether oxygens (including phenoxy) is 1. The molecule has 3 nitrogen and oxygen atoms in total. The molecule has 0 aromatic carbocycles. The van der Waals surface area contributed by atoms with Gasteiger partial charge in [-0.2, -0.15) is 0 Å². The van der Waals surface area contributed by atoms with E-state index in [1.54, 1.807) is 0 Å². The molecule has 0 fully saturated rings. The second-order valence-electron chi connectivity index (χ2n) is 7.79. The zero-order chi connectivity index (χ0) is 19.7. The van der Waals surface area contributed by atoms with Crippen molar-refractivity contribution >= 4 is 5.97 Å². The topological polar surface area (TPSA) is 46.5 Å². The molecular weight excluding hydrogens is 324 g/mol. The fourth-order valence-electron chi connectivity index (χ4n) is 3.08. The summed E-state index contributed by atoms with van der Waals surface area (Å²) in [6, 6.07) is 0. The summed E-state index contributed by atoms with van der Waals surface area (Å²) in [6.45, 7) is 12.5. The largest absolute Gasteiger partial charge is 0.460 e. The number of hydrogen-bond acceptors (Lipinski definition) is 3. The van der Waals surface area contributed by atoms with Gasteiger partial charge in [0, 0.05) is 0 Å². The number of esters is 1. The molecule has 3 heteroatoms. The van der Waals surface area contributed by atoms with Crippen LogP contribution in [-0.4, -0.2) is 23.8 Å². The standard InChI is InChI=1S/C23H34O3/c1-17(12-13-21-19(3)11-8-15-23(21,5)6)9-7-10-18(2)14-16-26-22(25)20(4)24/h7,9-10,12-14,20,24H,8,11,15-16H2,1-6H3. The van der Waals surface area contributed by atoms with Crippen LogP contribution in [-0.2, 0) is 9.53 Å². The Hall–Kier alpha value is -1.87. The predicted molar refractivity (Wildman–Crippen MR) is 109 cm³/mol. The SMILES string of the molecule is CC(C=CC1=C(C)CCCC1(C)C)=CC=CC(C)=CCOC(=O)C(C)O. The molecule has 26 heavy (non-hydrogen) atoms.